The molecule has 2 heterocycles. The maximum absolute atomic E-state index is 13.4. The third-order valence-electron chi connectivity index (χ3n) is 6.06. The van der Waals surface area contributed by atoms with E-state index >= 15 is 0 Å². The molecule has 3 rings (SSSR count). The summed E-state index contributed by atoms with van der Waals surface area (Å²) in [7, 11) is 0. The average molecular weight is 539 g/mol. The van der Waals surface area contributed by atoms with Crippen molar-refractivity contribution in [2.45, 2.75) is 77.5 Å². The molecule has 10 heteroatoms. The van der Waals surface area contributed by atoms with E-state index in [9.17, 15) is 18.0 Å². The van der Waals surface area contributed by atoms with Crippen molar-refractivity contribution in [3.05, 3.63) is 53.9 Å². The van der Waals surface area contributed by atoms with E-state index < -0.39 is 11.7 Å². The fourth-order valence-corrected chi connectivity index (χ4v) is 4.23. The molecule has 38 heavy (non-hydrogen) atoms. The van der Waals surface area contributed by atoms with Crippen molar-refractivity contribution in [1.29, 1.82) is 0 Å². The van der Waals surface area contributed by atoms with E-state index in [4.69, 9.17) is 18.9 Å². The van der Waals surface area contributed by atoms with Gasteiger partial charge in [0.1, 0.15) is 11.5 Å². The van der Waals surface area contributed by atoms with Crippen LogP contribution in [-0.2, 0) is 26.9 Å². The summed E-state index contributed by atoms with van der Waals surface area (Å²) in [6, 6.07) is 5.74. The second kappa shape index (κ2) is 14.3. The molecule has 1 fully saturated rings. The van der Waals surface area contributed by atoms with Gasteiger partial charge in [0.25, 0.3) is 5.91 Å². The van der Waals surface area contributed by atoms with E-state index in [1.807, 2.05) is 20.8 Å². The minimum absolute atomic E-state index is 0.0352. The minimum Gasteiger partial charge on any atom is -0.491 e. The van der Waals surface area contributed by atoms with Gasteiger partial charge in [-0.25, -0.2) is 0 Å². The molecular weight excluding hydrogens is 501 g/mol. The molecule has 1 aliphatic heterocycles. The monoisotopic (exact) mass is 538 g/mol. The number of carbonyl (C=O) groups is 1. The van der Waals surface area contributed by atoms with Gasteiger partial charge in [-0.1, -0.05) is 6.92 Å². The number of amides is 1. The highest BCUT2D eigenvalue weighted by atomic mass is 19.4. The number of ether oxygens (including phenoxy) is 4. The highest BCUT2D eigenvalue weighted by molar-refractivity contribution is 5.78. The molecule has 210 valence electrons. The van der Waals surface area contributed by atoms with Crippen LogP contribution in [0.15, 0.2) is 42.7 Å². The highest BCUT2D eigenvalue weighted by Crippen LogP contribution is 2.30. The molecule has 1 aromatic heterocycles. The Bertz CT molecular complexity index is 995. The summed E-state index contributed by atoms with van der Waals surface area (Å²) < 4.78 is 61.9. The number of carbonyl (C=O) groups excluding carboxylic acids is 1. The number of rotatable bonds is 13. The predicted octanol–water partition coefficient (Wildman–Crippen LogP) is 5.66. The maximum atomic E-state index is 13.4. The fourth-order valence-electron chi connectivity index (χ4n) is 4.23. The summed E-state index contributed by atoms with van der Waals surface area (Å²) in [5.74, 6) is 0.588. The van der Waals surface area contributed by atoms with Gasteiger partial charge in [-0.15, -0.1) is 0 Å². The van der Waals surface area contributed by atoms with Crippen LogP contribution in [-0.4, -0.2) is 60.6 Å². The minimum atomic E-state index is -4.44. The normalized spacial score (nSPS) is 16.8. The molecule has 7 nitrogen and oxygen atoms in total. The zero-order valence-electron chi connectivity index (χ0n) is 22.2. The number of aromatic nitrogens is 1. The van der Waals surface area contributed by atoms with E-state index in [0.717, 1.165) is 37.0 Å². The van der Waals surface area contributed by atoms with Crippen LogP contribution in [0.3, 0.4) is 0 Å². The van der Waals surface area contributed by atoms with Crippen LogP contribution in [0.2, 0.25) is 0 Å². The van der Waals surface area contributed by atoms with Crippen molar-refractivity contribution in [3.63, 3.8) is 0 Å². The number of benzene rings is 1. The van der Waals surface area contributed by atoms with E-state index in [1.165, 1.54) is 12.1 Å². The van der Waals surface area contributed by atoms with Gasteiger partial charge in [0.2, 0.25) is 0 Å². The van der Waals surface area contributed by atoms with E-state index in [0.29, 0.717) is 31.7 Å². The number of hydrogen-bond acceptors (Lipinski definition) is 6. The van der Waals surface area contributed by atoms with Crippen molar-refractivity contribution in [3.8, 4) is 11.5 Å². The largest absolute Gasteiger partial charge is 0.491 e. The van der Waals surface area contributed by atoms with Crippen LogP contribution >= 0.6 is 0 Å². The van der Waals surface area contributed by atoms with Gasteiger partial charge in [-0.2, -0.15) is 13.2 Å². The SMILES string of the molecule is CCCN(C(=O)COc1ccc(C(F)(F)F)cc1)[C@H](COC1CCCCO1)Cc1cnccc1OC(C)C. The van der Waals surface area contributed by atoms with Gasteiger partial charge < -0.3 is 23.8 Å². The second-order valence-corrected chi connectivity index (χ2v) is 9.54. The zero-order valence-corrected chi connectivity index (χ0v) is 22.2. The lowest BCUT2D eigenvalue weighted by atomic mass is 10.0. The first-order chi connectivity index (χ1) is 18.2. The molecule has 0 spiro atoms. The van der Waals surface area contributed by atoms with Gasteiger partial charge in [0.05, 0.1) is 24.3 Å². The Morgan fingerprint density at radius 3 is 2.58 bits per heavy atom. The zero-order chi connectivity index (χ0) is 27.5. The predicted molar refractivity (Wildman–Crippen MR) is 136 cm³/mol. The maximum Gasteiger partial charge on any atom is 0.416 e. The molecule has 0 aliphatic carbocycles. The van der Waals surface area contributed by atoms with Gasteiger partial charge in [0.15, 0.2) is 12.9 Å². The number of halogens is 3. The summed E-state index contributed by atoms with van der Waals surface area (Å²) in [5.41, 5.74) is 0.0683. The quantitative estimate of drug-likeness (QED) is 0.328. The summed E-state index contributed by atoms with van der Waals surface area (Å²) in [4.78, 5) is 19.3. The van der Waals surface area contributed by atoms with Gasteiger partial charge >= 0.3 is 6.18 Å². The summed E-state index contributed by atoms with van der Waals surface area (Å²) >= 11 is 0. The summed E-state index contributed by atoms with van der Waals surface area (Å²) in [6.45, 7) is 6.87. The number of pyridine rings is 1. The number of hydrogen-bond donors (Lipinski definition) is 0. The Hall–Kier alpha value is -2.85. The first-order valence-corrected chi connectivity index (χ1v) is 13.1. The Morgan fingerprint density at radius 2 is 1.95 bits per heavy atom. The lowest BCUT2D eigenvalue weighted by Gasteiger charge is -2.34. The molecule has 2 aromatic rings. The van der Waals surface area contributed by atoms with Crippen molar-refractivity contribution >= 4 is 5.91 Å². The molecule has 1 amide bonds. The Morgan fingerprint density at radius 1 is 1.18 bits per heavy atom. The van der Waals surface area contributed by atoms with E-state index in [1.54, 1.807) is 23.4 Å². The molecule has 1 saturated heterocycles. The van der Waals surface area contributed by atoms with Crippen LogP contribution in [0.5, 0.6) is 11.5 Å². The Kier molecular flexibility index (Phi) is 11.2. The summed E-state index contributed by atoms with van der Waals surface area (Å²) in [5, 5.41) is 0. The number of nitrogens with zero attached hydrogens (tertiary/aromatic N) is 2. The molecule has 1 aromatic carbocycles. The fraction of sp³-hybridized carbons (Fsp3) is 0.571. The first-order valence-electron chi connectivity index (χ1n) is 13.1. The first kappa shape index (κ1) is 29.7. The van der Waals surface area contributed by atoms with Gasteiger partial charge in [0, 0.05) is 37.5 Å². The topological polar surface area (TPSA) is 70.1 Å². The highest BCUT2D eigenvalue weighted by Gasteiger charge is 2.30. The third kappa shape index (κ3) is 9.16. The number of alkyl halides is 3. The molecular formula is C28H37F3N2O5. The average Bonchev–Trinajstić information content (AvgIpc) is 2.89. The van der Waals surface area contributed by atoms with Gasteiger partial charge in [-0.3, -0.25) is 9.78 Å². The molecule has 1 unspecified atom stereocenters. The van der Waals surface area contributed by atoms with E-state index in [-0.39, 0.29) is 43.3 Å². The lowest BCUT2D eigenvalue weighted by Crippen LogP contribution is -2.47. The molecule has 2 atom stereocenters. The second-order valence-electron chi connectivity index (χ2n) is 9.54. The van der Waals surface area contributed by atoms with Crippen LogP contribution in [0.25, 0.3) is 0 Å². The molecule has 1 aliphatic rings. The molecule has 0 saturated carbocycles. The van der Waals surface area contributed by atoms with Crippen molar-refractivity contribution in [2.75, 3.05) is 26.4 Å². The standard InChI is InChI=1S/C28H37F3N2O5/c1-4-14-33(26(34)19-36-24-10-8-22(9-11-24)28(29,30)31)23(18-37-27-7-5-6-15-35-27)16-21-17-32-13-12-25(21)38-20(2)3/h8-13,17,20,23,27H,4-7,14-16,18-19H2,1-3H3/t23-,27?/m0/s1. The Labute approximate surface area is 222 Å². The van der Waals surface area contributed by atoms with Crippen molar-refractivity contribution in [1.82, 2.24) is 9.88 Å². The third-order valence-corrected chi connectivity index (χ3v) is 6.06. The van der Waals surface area contributed by atoms with Crippen LogP contribution in [0.4, 0.5) is 13.2 Å². The molecule has 0 N–H and O–H groups in total. The summed E-state index contributed by atoms with van der Waals surface area (Å²) in [6.07, 6.45) is 2.54. The Balaban J connectivity index is 1.75. The van der Waals surface area contributed by atoms with Crippen molar-refractivity contribution in [2.24, 2.45) is 0 Å². The molecule has 0 bridgehead atoms. The van der Waals surface area contributed by atoms with E-state index in [2.05, 4.69) is 4.98 Å². The van der Waals surface area contributed by atoms with Crippen LogP contribution in [0, 0.1) is 0 Å². The molecule has 0 radical (unpaired) electrons. The van der Waals surface area contributed by atoms with Gasteiger partial charge in [-0.05, 0) is 69.9 Å². The lowest BCUT2D eigenvalue weighted by molar-refractivity contribution is -0.173. The van der Waals surface area contributed by atoms with Crippen molar-refractivity contribution < 1.29 is 36.9 Å². The smallest absolute Gasteiger partial charge is 0.416 e. The van der Waals surface area contributed by atoms with Crippen LogP contribution < -0.4 is 9.47 Å². The van der Waals surface area contributed by atoms with Crippen LogP contribution in [0.1, 0.15) is 57.6 Å².